The number of hydrogen-bond donors (Lipinski definition) is 1. The number of ether oxygens (including phenoxy) is 1. The number of benzene rings is 1. The van der Waals surface area contributed by atoms with Gasteiger partial charge in [-0.2, -0.15) is 0 Å². The van der Waals surface area contributed by atoms with Crippen molar-refractivity contribution in [1.29, 1.82) is 0 Å². The van der Waals surface area contributed by atoms with Crippen molar-refractivity contribution in [2.75, 3.05) is 6.61 Å². The third-order valence-corrected chi connectivity index (χ3v) is 3.36. The minimum Gasteiger partial charge on any atom is -0.494 e. The van der Waals surface area contributed by atoms with Crippen LogP contribution in [-0.2, 0) is 6.42 Å². The fraction of sp³-hybridized carbons (Fsp3) is 0.312. The molecule has 0 bridgehead atoms. The summed E-state index contributed by atoms with van der Waals surface area (Å²) in [5.74, 6) is 0.840. The second-order valence-electron chi connectivity index (χ2n) is 4.65. The van der Waals surface area contributed by atoms with Crippen LogP contribution in [0.3, 0.4) is 0 Å². The third-order valence-electron chi connectivity index (χ3n) is 2.93. The van der Waals surface area contributed by atoms with Gasteiger partial charge < -0.3 is 9.84 Å². The molecule has 0 fully saturated rings. The van der Waals surface area contributed by atoms with E-state index in [1.54, 1.807) is 12.4 Å². The van der Waals surface area contributed by atoms with Crippen LogP contribution in [-0.4, -0.2) is 16.7 Å². The lowest BCUT2D eigenvalue weighted by Crippen LogP contribution is -2.02. The topological polar surface area (TPSA) is 42.4 Å². The van der Waals surface area contributed by atoms with Gasteiger partial charge in [0, 0.05) is 23.3 Å². The maximum Gasteiger partial charge on any atom is 0.119 e. The summed E-state index contributed by atoms with van der Waals surface area (Å²) in [6, 6.07) is 9.57. The maximum absolute atomic E-state index is 10.2. The normalized spacial score (nSPS) is 12.2. The number of aliphatic hydroxyl groups excluding tert-OH is 1. The van der Waals surface area contributed by atoms with Crippen LogP contribution in [0.5, 0.6) is 5.75 Å². The summed E-state index contributed by atoms with van der Waals surface area (Å²) in [5.41, 5.74) is 1.88. The quantitative estimate of drug-likeness (QED) is 0.870. The van der Waals surface area contributed by atoms with Crippen molar-refractivity contribution in [3.63, 3.8) is 0 Å². The fourth-order valence-corrected chi connectivity index (χ4v) is 2.33. The highest BCUT2D eigenvalue weighted by molar-refractivity contribution is 9.10. The molecule has 106 valence electrons. The minimum absolute atomic E-state index is 0.536. The van der Waals surface area contributed by atoms with Crippen LogP contribution in [0.1, 0.15) is 30.6 Å². The summed E-state index contributed by atoms with van der Waals surface area (Å²) < 4.78 is 6.45. The van der Waals surface area contributed by atoms with Crippen LogP contribution in [0.15, 0.2) is 47.2 Å². The predicted molar refractivity (Wildman–Crippen MR) is 82.8 cm³/mol. The van der Waals surface area contributed by atoms with E-state index in [1.165, 1.54) is 0 Å². The zero-order chi connectivity index (χ0) is 14.4. The lowest BCUT2D eigenvalue weighted by molar-refractivity contribution is 0.178. The fourth-order valence-electron chi connectivity index (χ4n) is 1.91. The molecule has 0 aliphatic carbocycles. The average molecular weight is 336 g/mol. The zero-order valence-corrected chi connectivity index (χ0v) is 13.0. The Balaban J connectivity index is 2.00. The second kappa shape index (κ2) is 7.41. The molecule has 3 nitrogen and oxygen atoms in total. The van der Waals surface area contributed by atoms with Gasteiger partial charge in [-0.1, -0.05) is 19.1 Å². The van der Waals surface area contributed by atoms with Crippen molar-refractivity contribution in [2.24, 2.45) is 0 Å². The van der Waals surface area contributed by atoms with Crippen LogP contribution >= 0.6 is 15.9 Å². The van der Waals surface area contributed by atoms with Crippen molar-refractivity contribution in [2.45, 2.75) is 25.9 Å². The van der Waals surface area contributed by atoms with E-state index in [-0.39, 0.29) is 0 Å². The molecule has 1 aromatic heterocycles. The van der Waals surface area contributed by atoms with Crippen LogP contribution < -0.4 is 4.74 Å². The SMILES string of the molecule is CCCOc1ccc(C(O)Cc2cncc(Br)c2)cc1. The highest BCUT2D eigenvalue weighted by Gasteiger charge is 2.09. The monoisotopic (exact) mass is 335 g/mol. The van der Waals surface area contributed by atoms with E-state index in [2.05, 4.69) is 27.8 Å². The first kappa shape index (κ1) is 15.0. The molecule has 1 heterocycles. The Bertz CT molecular complexity index is 542. The maximum atomic E-state index is 10.2. The number of halogens is 1. The number of hydrogen-bond acceptors (Lipinski definition) is 3. The predicted octanol–water partition coefficient (Wildman–Crippen LogP) is 3.91. The van der Waals surface area contributed by atoms with E-state index in [4.69, 9.17) is 4.74 Å². The lowest BCUT2D eigenvalue weighted by atomic mass is 10.0. The van der Waals surface area contributed by atoms with Gasteiger partial charge in [0.15, 0.2) is 0 Å². The molecule has 1 unspecified atom stereocenters. The second-order valence-corrected chi connectivity index (χ2v) is 5.56. The summed E-state index contributed by atoms with van der Waals surface area (Å²) in [5, 5.41) is 10.2. The van der Waals surface area contributed by atoms with E-state index in [0.29, 0.717) is 13.0 Å². The van der Waals surface area contributed by atoms with E-state index >= 15 is 0 Å². The van der Waals surface area contributed by atoms with Crippen LogP contribution in [0, 0.1) is 0 Å². The zero-order valence-electron chi connectivity index (χ0n) is 11.4. The molecule has 0 radical (unpaired) electrons. The summed E-state index contributed by atoms with van der Waals surface area (Å²) in [7, 11) is 0. The number of rotatable bonds is 6. The van der Waals surface area contributed by atoms with E-state index in [0.717, 1.165) is 27.8 Å². The van der Waals surface area contributed by atoms with Gasteiger partial charge in [-0.05, 0) is 51.7 Å². The molecule has 2 aromatic rings. The average Bonchev–Trinajstić information content (AvgIpc) is 2.45. The summed E-state index contributed by atoms with van der Waals surface area (Å²) >= 11 is 3.38. The van der Waals surface area contributed by atoms with Crippen molar-refractivity contribution >= 4 is 15.9 Å². The molecular formula is C16H18BrNO2. The Morgan fingerprint density at radius 3 is 2.65 bits per heavy atom. The molecule has 0 saturated carbocycles. The molecule has 4 heteroatoms. The minimum atomic E-state index is -0.536. The Morgan fingerprint density at radius 1 is 1.25 bits per heavy atom. The van der Waals surface area contributed by atoms with Gasteiger partial charge in [0.2, 0.25) is 0 Å². The van der Waals surface area contributed by atoms with Gasteiger partial charge >= 0.3 is 0 Å². The van der Waals surface area contributed by atoms with Crippen molar-refractivity contribution in [3.8, 4) is 5.75 Å². The van der Waals surface area contributed by atoms with Crippen molar-refractivity contribution in [1.82, 2.24) is 4.98 Å². The standard InChI is InChI=1S/C16H18BrNO2/c1-2-7-20-15-5-3-13(4-6-15)16(19)9-12-8-14(17)11-18-10-12/h3-6,8,10-11,16,19H,2,7,9H2,1H3. The van der Waals surface area contributed by atoms with Crippen LogP contribution in [0.2, 0.25) is 0 Å². The molecule has 0 saturated heterocycles. The van der Waals surface area contributed by atoms with E-state index in [9.17, 15) is 5.11 Å². The van der Waals surface area contributed by atoms with Crippen molar-refractivity contribution in [3.05, 3.63) is 58.3 Å². The molecule has 1 atom stereocenters. The molecule has 1 aromatic carbocycles. The van der Waals surface area contributed by atoms with Gasteiger partial charge in [-0.15, -0.1) is 0 Å². The first-order valence-electron chi connectivity index (χ1n) is 6.69. The van der Waals surface area contributed by atoms with Crippen LogP contribution in [0.4, 0.5) is 0 Å². The molecular weight excluding hydrogens is 318 g/mol. The summed E-state index contributed by atoms with van der Waals surface area (Å²) in [6.07, 6.45) is 4.50. The van der Waals surface area contributed by atoms with Gasteiger partial charge in [-0.25, -0.2) is 0 Å². The van der Waals surface area contributed by atoms with Gasteiger partial charge in [0.25, 0.3) is 0 Å². The molecule has 0 spiro atoms. The van der Waals surface area contributed by atoms with Crippen molar-refractivity contribution < 1.29 is 9.84 Å². The Kier molecular flexibility index (Phi) is 5.56. The number of aliphatic hydroxyl groups is 1. The van der Waals surface area contributed by atoms with Gasteiger partial charge in [0.1, 0.15) is 5.75 Å². The first-order valence-corrected chi connectivity index (χ1v) is 7.48. The first-order chi connectivity index (χ1) is 9.69. The lowest BCUT2D eigenvalue weighted by Gasteiger charge is -2.12. The molecule has 0 aliphatic rings. The van der Waals surface area contributed by atoms with E-state index in [1.807, 2.05) is 30.3 Å². The molecule has 20 heavy (non-hydrogen) atoms. The summed E-state index contributed by atoms with van der Waals surface area (Å²) in [6.45, 7) is 2.79. The van der Waals surface area contributed by atoms with Gasteiger partial charge in [0.05, 0.1) is 12.7 Å². The molecule has 1 N–H and O–H groups in total. The molecule has 0 amide bonds. The molecule has 2 rings (SSSR count). The summed E-state index contributed by atoms with van der Waals surface area (Å²) in [4.78, 5) is 4.10. The van der Waals surface area contributed by atoms with E-state index < -0.39 is 6.10 Å². The Labute approximate surface area is 127 Å². The van der Waals surface area contributed by atoms with Crippen LogP contribution in [0.25, 0.3) is 0 Å². The molecule has 0 aliphatic heterocycles. The third kappa shape index (κ3) is 4.32. The Hall–Kier alpha value is -1.39. The van der Waals surface area contributed by atoms with Gasteiger partial charge in [-0.3, -0.25) is 4.98 Å². The Morgan fingerprint density at radius 2 is 2.00 bits per heavy atom. The number of aromatic nitrogens is 1. The highest BCUT2D eigenvalue weighted by atomic mass is 79.9. The highest BCUT2D eigenvalue weighted by Crippen LogP contribution is 2.22. The largest absolute Gasteiger partial charge is 0.494 e. The number of nitrogens with zero attached hydrogens (tertiary/aromatic N) is 1. The number of pyridine rings is 1. The smallest absolute Gasteiger partial charge is 0.119 e.